The zero-order valence-electron chi connectivity index (χ0n) is 8.54. The smallest absolute Gasteiger partial charge is 0.259 e. The minimum atomic E-state index is -0.0602. The number of carbonyl (C=O) groups is 1. The molecule has 2 aromatic rings. The summed E-state index contributed by atoms with van der Waals surface area (Å²) in [5, 5.41) is 1.14. The number of fused-ring (bicyclic) bond motifs is 1. The molecule has 0 aliphatic carbocycles. The van der Waals surface area contributed by atoms with Gasteiger partial charge < -0.3 is 0 Å². The summed E-state index contributed by atoms with van der Waals surface area (Å²) in [6.07, 6.45) is 3.43. The van der Waals surface area contributed by atoms with E-state index in [1.165, 1.54) is 17.1 Å². The fourth-order valence-corrected chi connectivity index (χ4v) is 1.71. The molecule has 0 radical (unpaired) electrons. The van der Waals surface area contributed by atoms with E-state index in [0.717, 1.165) is 11.3 Å². The summed E-state index contributed by atoms with van der Waals surface area (Å²) < 4.78 is 0. The van der Waals surface area contributed by atoms with Crippen LogP contribution in [0.25, 0.3) is 10.9 Å². The first kappa shape index (κ1) is 10.8. The summed E-state index contributed by atoms with van der Waals surface area (Å²) in [5.41, 5.74) is 1.06. The van der Waals surface area contributed by atoms with Crippen LogP contribution in [0.2, 0.25) is 0 Å². The number of aliphatic imine (C=N–C) groups is 1. The number of thioether (sulfide) groups is 1. The molecule has 0 spiro atoms. The van der Waals surface area contributed by atoms with E-state index < -0.39 is 0 Å². The maximum atomic E-state index is 10.0. The minimum absolute atomic E-state index is 0.0602. The highest BCUT2D eigenvalue weighted by molar-refractivity contribution is 8.14. The standard InChI is InChI=1S/C9H7N.C3H3NOS/c1-2-6-9-8(4-1)5-3-7-10-9;5-3-4-1-2-6-3/h1-7H;1H,2H2. The lowest BCUT2D eigenvalue weighted by molar-refractivity contribution is 0.268. The number of rotatable bonds is 0. The summed E-state index contributed by atoms with van der Waals surface area (Å²) in [5.74, 6) is 0.763. The topological polar surface area (TPSA) is 42.3 Å². The third-order valence-corrected chi connectivity index (χ3v) is 2.66. The fourth-order valence-electron chi connectivity index (χ4n) is 1.27. The van der Waals surface area contributed by atoms with Crippen molar-refractivity contribution in [2.24, 2.45) is 4.99 Å². The second-order valence-corrected chi connectivity index (χ2v) is 4.06. The van der Waals surface area contributed by atoms with Gasteiger partial charge in [0.1, 0.15) is 0 Å². The molecule has 16 heavy (non-hydrogen) atoms. The third kappa shape index (κ3) is 2.90. The quantitative estimate of drug-likeness (QED) is 0.698. The van der Waals surface area contributed by atoms with Crippen molar-refractivity contribution in [3.8, 4) is 0 Å². The number of hydrogen-bond acceptors (Lipinski definition) is 3. The second-order valence-electron chi connectivity index (χ2n) is 3.08. The number of amides is 1. The molecule has 0 N–H and O–H groups in total. The Bertz CT molecular complexity index is 460. The molecule has 4 heteroatoms. The van der Waals surface area contributed by atoms with Gasteiger partial charge in [-0.15, -0.1) is 0 Å². The molecule has 1 aliphatic rings. The van der Waals surface area contributed by atoms with E-state index in [0.29, 0.717) is 0 Å². The molecule has 1 amide bonds. The summed E-state index contributed by atoms with van der Waals surface area (Å²) in [4.78, 5) is 17.6. The molecular weight excluding hydrogens is 220 g/mol. The third-order valence-electron chi connectivity index (χ3n) is 1.99. The van der Waals surface area contributed by atoms with E-state index in [1.54, 1.807) is 6.21 Å². The zero-order chi connectivity index (χ0) is 11.2. The van der Waals surface area contributed by atoms with Gasteiger partial charge in [-0.05, 0) is 12.1 Å². The number of aromatic nitrogens is 1. The highest BCUT2D eigenvalue weighted by atomic mass is 32.2. The number of nitrogens with zero attached hydrogens (tertiary/aromatic N) is 2. The van der Waals surface area contributed by atoms with Gasteiger partial charge in [-0.25, -0.2) is 4.99 Å². The van der Waals surface area contributed by atoms with Crippen molar-refractivity contribution in [1.29, 1.82) is 0 Å². The van der Waals surface area contributed by atoms with Gasteiger partial charge in [-0.3, -0.25) is 9.78 Å². The summed E-state index contributed by atoms with van der Waals surface area (Å²) in [6.45, 7) is 0. The number of para-hydroxylation sites is 1. The Morgan fingerprint density at radius 2 is 1.94 bits per heavy atom. The van der Waals surface area contributed by atoms with Gasteiger partial charge in [-0.1, -0.05) is 36.0 Å². The minimum Gasteiger partial charge on any atom is -0.259 e. The Morgan fingerprint density at radius 1 is 1.12 bits per heavy atom. The van der Waals surface area contributed by atoms with Crippen LogP contribution in [0.3, 0.4) is 0 Å². The van der Waals surface area contributed by atoms with Gasteiger partial charge in [-0.2, -0.15) is 0 Å². The van der Waals surface area contributed by atoms with Gasteiger partial charge in [0.15, 0.2) is 0 Å². The van der Waals surface area contributed by atoms with Crippen molar-refractivity contribution in [3.05, 3.63) is 42.6 Å². The molecule has 2 heterocycles. The largest absolute Gasteiger partial charge is 0.304 e. The SMILES string of the molecule is O=C1N=CCS1.c1ccc2ncccc2c1. The summed E-state index contributed by atoms with van der Waals surface area (Å²) in [7, 11) is 0. The average molecular weight is 230 g/mol. The molecule has 0 atom stereocenters. The first-order chi connectivity index (χ1) is 7.86. The van der Waals surface area contributed by atoms with Gasteiger partial charge >= 0.3 is 5.24 Å². The molecule has 0 bridgehead atoms. The molecule has 80 valence electrons. The highest BCUT2D eigenvalue weighted by Gasteiger charge is 2.01. The number of benzene rings is 1. The molecule has 1 aliphatic heterocycles. The molecule has 0 saturated heterocycles. The van der Waals surface area contributed by atoms with Crippen LogP contribution in [0.1, 0.15) is 0 Å². The molecule has 0 unspecified atom stereocenters. The number of carbonyl (C=O) groups excluding carboxylic acids is 1. The molecule has 1 aromatic heterocycles. The summed E-state index contributed by atoms with van der Waals surface area (Å²) in [6, 6.07) is 12.1. The Balaban J connectivity index is 0.000000138. The highest BCUT2D eigenvalue weighted by Crippen LogP contribution is 2.08. The van der Waals surface area contributed by atoms with Crippen molar-refractivity contribution >= 4 is 34.1 Å². The van der Waals surface area contributed by atoms with E-state index in [9.17, 15) is 4.79 Å². The Kier molecular flexibility index (Phi) is 3.66. The van der Waals surface area contributed by atoms with Crippen molar-refractivity contribution in [2.75, 3.05) is 5.75 Å². The maximum Gasteiger partial charge on any atom is 0.304 e. The molecule has 3 rings (SSSR count). The van der Waals surface area contributed by atoms with E-state index >= 15 is 0 Å². The molecule has 3 nitrogen and oxygen atoms in total. The lowest BCUT2D eigenvalue weighted by Crippen LogP contribution is -1.73. The van der Waals surface area contributed by atoms with Crippen molar-refractivity contribution in [1.82, 2.24) is 4.98 Å². The predicted molar refractivity (Wildman–Crippen MR) is 68.1 cm³/mol. The van der Waals surface area contributed by atoms with Crippen LogP contribution < -0.4 is 0 Å². The Hall–Kier alpha value is -1.68. The van der Waals surface area contributed by atoms with Crippen LogP contribution in [0, 0.1) is 0 Å². The van der Waals surface area contributed by atoms with Crippen LogP contribution in [-0.2, 0) is 0 Å². The molecule has 0 fully saturated rings. The molecular formula is C12H10N2OS. The van der Waals surface area contributed by atoms with E-state index in [1.807, 2.05) is 30.5 Å². The van der Waals surface area contributed by atoms with Gasteiger partial charge in [0.05, 0.1) is 5.52 Å². The second kappa shape index (κ2) is 5.42. The van der Waals surface area contributed by atoms with Gasteiger partial charge in [0.25, 0.3) is 0 Å². The van der Waals surface area contributed by atoms with Crippen molar-refractivity contribution in [2.45, 2.75) is 0 Å². The first-order valence-corrected chi connectivity index (χ1v) is 5.84. The average Bonchev–Trinajstić information content (AvgIpc) is 2.81. The lowest BCUT2D eigenvalue weighted by atomic mass is 10.2. The normalized spacial score (nSPS) is 13.6. The van der Waals surface area contributed by atoms with E-state index in [-0.39, 0.29) is 5.24 Å². The predicted octanol–water partition coefficient (Wildman–Crippen LogP) is 3.16. The zero-order valence-corrected chi connectivity index (χ0v) is 9.35. The fraction of sp³-hybridized carbons (Fsp3) is 0.0833. The lowest BCUT2D eigenvalue weighted by Gasteiger charge is -1.91. The molecule has 0 saturated carbocycles. The summed E-state index contributed by atoms with van der Waals surface area (Å²) >= 11 is 1.24. The van der Waals surface area contributed by atoms with E-state index in [2.05, 4.69) is 22.1 Å². The van der Waals surface area contributed by atoms with Crippen LogP contribution in [0.15, 0.2) is 47.6 Å². The molecule has 1 aromatic carbocycles. The Morgan fingerprint density at radius 3 is 2.56 bits per heavy atom. The Labute approximate surface area is 97.6 Å². The van der Waals surface area contributed by atoms with Crippen LogP contribution >= 0.6 is 11.8 Å². The van der Waals surface area contributed by atoms with E-state index in [4.69, 9.17) is 0 Å². The van der Waals surface area contributed by atoms with Gasteiger partial charge in [0.2, 0.25) is 0 Å². The van der Waals surface area contributed by atoms with Crippen LogP contribution in [0.5, 0.6) is 0 Å². The van der Waals surface area contributed by atoms with Gasteiger partial charge in [0, 0.05) is 23.6 Å². The monoisotopic (exact) mass is 230 g/mol. The maximum absolute atomic E-state index is 10.0. The van der Waals surface area contributed by atoms with Crippen molar-refractivity contribution in [3.63, 3.8) is 0 Å². The van der Waals surface area contributed by atoms with Crippen LogP contribution in [0.4, 0.5) is 4.79 Å². The van der Waals surface area contributed by atoms with Crippen molar-refractivity contribution < 1.29 is 4.79 Å². The first-order valence-electron chi connectivity index (χ1n) is 4.85. The number of pyridine rings is 1. The van der Waals surface area contributed by atoms with Crippen LogP contribution in [-0.4, -0.2) is 22.2 Å². The number of hydrogen-bond donors (Lipinski definition) is 0.